The van der Waals surface area contributed by atoms with Crippen LogP contribution in [0.15, 0.2) is 218 Å². The molecule has 13 rings (SSSR count). The molecule has 0 radical (unpaired) electrons. The van der Waals surface area contributed by atoms with Crippen LogP contribution < -0.4 is 4.90 Å². The smallest absolute Gasteiger partial charge is 0.0546 e. The summed E-state index contributed by atoms with van der Waals surface area (Å²) < 4.78 is 2.47. The summed E-state index contributed by atoms with van der Waals surface area (Å²) in [5.74, 6) is 0. The van der Waals surface area contributed by atoms with Crippen LogP contribution in [0.2, 0.25) is 0 Å². The Bertz CT molecular complexity index is 3730. The normalized spacial score (nSPS) is 14.0. The second-order valence-corrected chi connectivity index (χ2v) is 19.3. The summed E-state index contributed by atoms with van der Waals surface area (Å²) in [5.41, 5.74) is 22.2. The highest BCUT2D eigenvalue weighted by molar-refractivity contribution is 6.11. The first-order chi connectivity index (χ1) is 32.3. The minimum absolute atomic E-state index is 0.0469. The Morgan fingerprint density at radius 3 is 1.67 bits per heavy atom. The molecule has 0 saturated carbocycles. The minimum atomic E-state index is -0.154. The van der Waals surface area contributed by atoms with E-state index in [0.717, 1.165) is 22.5 Å². The molecule has 2 nitrogen and oxygen atoms in total. The zero-order valence-corrected chi connectivity index (χ0v) is 37.7. The molecule has 1 aromatic heterocycles. The Kier molecular flexibility index (Phi) is 8.33. The van der Waals surface area contributed by atoms with Crippen molar-refractivity contribution in [3.8, 4) is 50.2 Å². The molecule has 11 aromatic rings. The predicted molar refractivity (Wildman–Crippen MR) is 279 cm³/mol. The van der Waals surface area contributed by atoms with Crippen molar-refractivity contribution in [2.24, 2.45) is 0 Å². The number of anilines is 3. The Hall–Kier alpha value is -7.94. The van der Waals surface area contributed by atoms with Crippen LogP contribution in [0.3, 0.4) is 0 Å². The second-order valence-electron chi connectivity index (χ2n) is 19.3. The third-order valence-corrected chi connectivity index (χ3v) is 15.0. The highest BCUT2D eigenvalue weighted by atomic mass is 15.1. The molecule has 0 N–H and O–H groups in total. The van der Waals surface area contributed by atoms with Crippen molar-refractivity contribution in [1.82, 2.24) is 4.57 Å². The molecule has 0 spiro atoms. The van der Waals surface area contributed by atoms with Crippen molar-refractivity contribution in [3.05, 3.63) is 241 Å². The second kappa shape index (κ2) is 14.3. The van der Waals surface area contributed by atoms with E-state index in [0.29, 0.717) is 0 Å². The standard InChI is InChI=1S/C64H48N2/c1-63(2)53-28-12-7-24-48(53)52-39-42(35-36-55(52)63)41-20-17-21-45(38-41)65(60-34-18-30-56-62(60)51-27-8-13-29-54(51)64(56,3)4)57-31-14-9-23-47(57)44-37-43-19-5-6-22-46(43)61(40-44)66-58-32-15-10-25-49(58)50-26-11-16-33-59(50)66/h5-40H,1-4H3. The van der Waals surface area contributed by atoms with Gasteiger partial charge in [-0.05, 0) is 116 Å². The highest BCUT2D eigenvalue weighted by Crippen LogP contribution is 2.56. The van der Waals surface area contributed by atoms with Gasteiger partial charge >= 0.3 is 0 Å². The average molecular weight is 845 g/mol. The van der Waals surface area contributed by atoms with Crippen LogP contribution >= 0.6 is 0 Å². The van der Waals surface area contributed by atoms with Crippen LogP contribution in [0.1, 0.15) is 49.9 Å². The first kappa shape index (κ1) is 38.5. The number of rotatable bonds is 6. The lowest BCUT2D eigenvalue weighted by Crippen LogP contribution is -2.16. The fourth-order valence-electron chi connectivity index (χ4n) is 11.8. The quantitative estimate of drug-likeness (QED) is 0.162. The summed E-state index contributed by atoms with van der Waals surface area (Å²) in [6.07, 6.45) is 0. The van der Waals surface area contributed by atoms with E-state index >= 15 is 0 Å². The fourth-order valence-corrected chi connectivity index (χ4v) is 11.8. The lowest BCUT2D eigenvalue weighted by atomic mass is 9.82. The van der Waals surface area contributed by atoms with Crippen molar-refractivity contribution in [2.45, 2.75) is 38.5 Å². The molecule has 0 atom stereocenters. The number of aromatic nitrogens is 1. The number of fused-ring (bicyclic) bond motifs is 10. The predicted octanol–water partition coefficient (Wildman–Crippen LogP) is 17.4. The zero-order valence-electron chi connectivity index (χ0n) is 37.7. The van der Waals surface area contributed by atoms with Gasteiger partial charge in [-0.25, -0.2) is 0 Å². The number of benzene rings is 10. The fraction of sp³-hybridized carbons (Fsp3) is 0.0938. The molecule has 10 aromatic carbocycles. The molecule has 2 heteroatoms. The van der Waals surface area contributed by atoms with E-state index in [-0.39, 0.29) is 10.8 Å². The summed E-state index contributed by atoms with van der Waals surface area (Å²) in [6, 6.07) is 81.5. The van der Waals surface area contributed by atoms with Gasteiger partial charge in [0.1, 0.15) is 0 Å². The van der Waals surface area contributed by atoms with E-state index in [1.807, 2.05) is 0 Å². The highest BCUT2D eigenvalue weighted by Gasteiger charge is 2.38. The van der Waals surface area contributed by atoms with Crippen LogP contribution in [0, 0.1) is 0 Å². The van der Waals surface area contributed by atoms with Gasteiger partial charge in [-0.3, -0.25) is 0 Å². The molecular formula is C64H48N2. The maximum atomic E-state index is 2.54. The van der Waals surface area contributed by atoms with E-state index in [9.17, 15) is 0 Å². The molecule has 0 amide bonds. The van der Waals surface area contributed by atoms with E-state index < -0.39 is 0 Å². The van der Waals surface area contributed by atoms with Crippen molar-refractivity contribution in [1.29, 1.82) is 0 Å². The molecule has 0 fully saturated rings. The summed E-state index contributed by atoms with van der Waals surface area (Å²) in [7, 11) is 0. The molecule has 2 aliphatic rings. The van der Waals surface area contributed by atoms with Crippen LogP contribution in [-0.4, -0.2) is 4.57 Å². The van der Waals surface area contributed by atoms with Gasteiger partial charge in [0.2, 0.25) is 0 Å². The lowest BCUT2D eigenvalue weighted by molar-refractivity contribution is 0.660. The van der Waals surface area contributed by atoms with Gasteiger partial charge in [-0.15, -0.1) is 0 Å². The molecule has 0 aliphatic heterocycles. The molecule has 66 heavy (non-hydrogen) atoms. The molecule has 0 unspecified atom stereocenters. The number of hydrogen-bond donors (Lipinski definition) is 0. The monoisotopic (exact) mass is 844 g/mol. The summed E-state index contributed by atoms with van der Waals surface area (Å²) in [6.45, 7) is 9.46. The Labute approximate surface area is 386 Å². The van der Waals surface area contributed by atoms with Gasteiger partial charge in [0, 0.05) is 43.8 Å². The van der Waals surface area contributed by atoms with Crippen molar-refractivity contribution in [2.75, 3.05) is 4.90 Å². The van der Waals surface area contributed by atoms with E-state index in [1.165, 1.54) is 99.6 Å². The van der Waals surface area contributed by atoms with E-state index in [1.54, 1.807) is 0 Å². The van der Waals surface area contributed by atoms with Gasteiger partial charge in [0.05, 0.1) is 28.1 Å². The van der Waals surface area contributed by atoms with Gasteiger partial charge in [-0.2, -0.15) is 0 Å². The maximum absolute atomic E-state index is 2.54. The van der Waals surface area contributed by atoms with Gasteiger partial charge < -0.3 is 9.47 Å². The molecule has 314 valence electrons. The molecule has 0 saturated heterocycles. The van der Waals surface area contributed by atoms with Crippen LogP contribution in [0.25, 0.3) is 82.8 Å². The summed E-state index contributed by atoms with van der Waals surface area (Å²) in [4.78, 5) is 2.54. The first-order valence-corrected chi connectivity index (χ1v) is 23.3. The topological polar surface area (TPSA) is 8.17 Å². The molecule has 0 bridgehead atoms. The molecular weight excluding hydrogens is 797 g/mol. The van der Waals surface area contributed by atoms with Crippen LogP contribution in [0.4, 0.5) is 17.1 Å². The van der Waals surface area contributed by atoms with E-state index in [2.05, 4.69) is 256 Å². The Morgan fingerprint density at radius 1 is 0.348 bits per heavy atom. The van der Waals surface area contributed by atoms with Crippen molar-refractivity contribution >= 4 is 49.6 Å². The third kappa shape index (κ3) is 5.55. The van der Waals surface area contributed by atoms with Gasteiger partial charge in [-0.1, -0.05) is 191 Å². The minimum Gasteiger partial charge on any atom is -0.309 e. The number of nitrogens with zero attached hydrogens (tertiary/aromatic N) is 2. The van der Waals surface area contributed by atoms with Gasteiger partial charge in [0.25, 0.3) is 0 Å². The Morgan fingerprint density at radius 2 is 0.894 bits per heavy atom. The van der Waals surface area contributed by atoms with Crippen molar-refractivity contribution < 1.29 is 0 Å². The van der Waals surface area contributed by atoms with Gasteiger partial charge in [0.15, 0.2) is 0 Å². The van der Waals surface area contributed by atoms with E-state index in [4.69, 9.17) is 0 Å². The van der Waals surface area contributed by atoms with Crippen LogP contribution in [0.5, 0.6) is 0 Å². The lowest BCUT2D eigenvalue weighted by Gasteiger charge is -2.31. The molecule has 2 aliphatic carbocycles. The number of para-hydroxylation sites is 3. The van der Waals surface area contributed by atoms with Crippen molar-refractivity contribution in [3.63, 3.8) is 0 Å². The number of hydrogen-bond acceptors (Lipinski definition) is 1. The summed E-state index contributed by atoms with van der Waals surface area (Å²) >= 11 is 0. The maximum Gasteiger partial charge on any atom is 0.0546 e. The average Bonchev–Trinajstić information content (AvgIpc) is 3.91. The first-order valence-electron chi connectivity index (χ1n) is 23.3. The summed E-state index contributed by atoms with van der Waals surface area (Å²) in [5, 5.41) is 4.93. The van der Waals surface area contributed by atoms with Crippen LogP contribution in [-0.2, 0) is 10.8 Å². The third-order valence-electron chi connectivity index (χ3n) is 15.0. The SMILES string of the molecule is CC1(C)c2ccccc2-c2cc(-c3cccc(N(c4ccccc4-c4cc(-n5c6ccccc6c6ccccc65)c5ccccc5c4)c4cccc5c4-c4ccccc4C5(C)C)c3)ccc21. The molecule has 1 heterocycles. The Balaban J connectivity index is 1.06. The largest absolute Gasteiger partial charge is 0.309 e. The zero-order chi connectivity index (χ0) is 44.3.